The molecule has 0 aliphatic rings. The Morgan fingerprint density at radius 3 is 2.67 bits per heavy atom. The van der Waals surface area contributed by atoms with Gasteiger partial charge in [0, 0.05) is 12.1 Å². The van der Waals surface area contributed by atoms with Crippen LogP contribution in [-0.2, 0) is 13.2 Å². The monoisotopic (exact) mass is 291 g/mol. The van der Waals surface area contributed by atoms with Crippen molar-refractivity contribution in [2.24, 2.45) is 0 Å². The molecular weight excluding hydrogens is 270 g/mol. The molecule has 21 heavy (non-hydrogen) atoms. The van der Waals surface area contributed by atoms with E-state index in [1.807, 2.05) is 18.2 Å². The van der Waals surface area contributed by atoms with Crippen molar-refractivity contribution in [3.05, 3.63) is 36.0 Å². The van der Waals surface area contributed by atoms with E-state index in [1.54, 1.807) is 7.11 Å². The maximum Gasteiger partial charge on any atom is 0.213 e. The normalized spacial score (nSPS) is 11.4. The van der Waals surface area contributed by atoms with Crippen LogP contribution in [0.3, 0.4) is 0 Å². The first kappa shape index (κ1) is 15.3. The van der Waals surface area contributed by atoms with E-state index in [9.17, 15) is 0 Å². The number of methoxy groups -OCH3 is 1. The summed E-state index contributed by atoms with van der Waals surface area (Å²) in [5.41, 5.74) is 1.18. The van der Waals surface area contributed by atoms with Gasteiger partial charge in [0.15, 0.2) is 18.1 Å². The molecule has 0 radical (unpaired) electrons. The molecule has 6 heteroatoms. The van der Waals surface area contributed by atoms with Crippen molar-refractivity contribution >= 4 is 0 Å². The molecule has 1 aromatic heterocycles. The molecule has 0 amide bonds. The Bertz CT molecular complexity index is 562. The molecule has 0 saturated carbocycles. The van der Waals surface area contributed by atoms with E-state index in [-0.39, 0.29) is 12.1 Å². The van der Waals surface area contributed by atoms with Crippen LogP contribution >= 0.6 is 0 Å². The van der Waals surface area contributed by atoms with Gasteiger partial charge >= 0.3 is 0 Å². The molecule has 0 atom stereocenters. The lowest BCUT2D eigenvalue weighted by molar-refractivity contribution is 0.269. The fourth-order valence-corrected chi connectivity index (χ4v) is 1.71. The molecule has 114 valence electrons. The van der Waals surface area contributed by atoms with E-state index in [2.05, 4.69) is 40.8 Å². The van der Waals surface area contributed by atoms with Crippen molar-refractivity contribution in [1.82, 2.24) is 15.5 Å². The first-order valence-corrected chi connectivity index (χ1v) is 6.78. The highest BCUT2D eigenvalue weighted by Crippen LogP contribution is 2.28. The second-order valence-corrected chi connectivity index (χ2v) is 5.72. The van der Waals surface area contributed by atoms with Crippen LogP contribution in [0.1, 0.15) is 32.2 Å². The third kappa shape index (κ3) is 4.75. The minimum Gasteiger partial charge on any atom is -0.493 e. The average Bonchev–Trinajstić information content (AvgIpc) is 2.95. The molecule has 0 bridgehead atoms. The molecule has 0 saturated heterocycles. The zero-order valence-electron chi connectivity index (χ0n) is 12.8. The highest BCUT2D eigenvalue weighted by molar-refractivity contribution is 5.43. The maximum absolute atomic E-state index is 5.71. The van der Waals surface area contributed by atoms with Crippen LogP contribution in [0.2, 0.25) is 0 Å². The minimum absolute atomic E-state index is 0.0611. The fraction of sp³-hybridized carbons (Fsp3) is 0.467. The molecule has 0 unspecified atom stereocenters. The Balaban J connectivity index is 2.06. The summed E-state index contributed by atoms with van der Waals surface area (Å²) in [4.78, 5) is 3.92. The molecule has 0 spiro atoms. The molecule has 2 aromatic rings. The third-order valence-corrected chi connectivity index (χ3v) is 2.81. The van der Waals surface area contributed by atoms with Gasteiger partial charge in [0.1, 0.15) is 0 Å². The van der Waals surface area contributed by atoms with Gasteiger partial charge in [-0.1, -0.05) is 11.2 Å². The summed E-state index contributed by atoms with van der Waals surface area (Å²) in [7, 11) is 1.61. The predicted octanol–water partition coefficient (Wildman–Crippen LogP) is 2.55. The fourth-order valence-electron chi connectivity index (χ4n) is 1.71. The van der Waals surface area contributed by atoms with E-state index in [4.69, 9.17) is 9.47 Å². The molecule has 1 aromatic carbocycles. The molecule has 2 rings (SSSR count). The number of nitrogens with one attached hydrogen (secondary N) is 1. The van der Waals surface area contributed by atoms with E-state index < -0.39 is 0 Å². The highest BCUT2D eigenvalue weighted by Gasteiger charge is 2.11. The Labute approximate surface area is 124 Å². The lowest BCUT2D eigenvalue weighted by Crippen LogP contribution is -2.35. The van der Waals surface area contributed by atoms with Crippen LogP contribution in [0.5, 0.6) is 11.5 Å². The van der Waals surface area contributed by atoms with Crippen LogP contribution in [0, 0.1) is 0 Å². The number of nitrogens with zero attached hydrogens (tertiary/aromatic N) is 2. The van der Waals surface area contributed by atoms with Gasteiger partial charge in [0.25, 0.3) is 0 Å². The largest absolute Gasteiger partial charge is 0.493 e. The quantitative estimate of drug-likeness (QED) is 0.882. The molecule has 1 heterocycles. The topological polar surface area (TPSA) is 69.4 Å². The van der Waals surface area contributed by atoms with Crippen molar-refractivity contribution in [1.29, 1.82) is 0 Å². The molecular formula is C15H21N3O3. The van der Waals surface area contributed by atoms with Crippen molar-refractivity contribution in [3.8, 4) is 11.5 Å². The number of rotatable bonds is 6. The van der Waals surface area contributed by atoms with E-state index in [0.717, 1.165) is 12.1 Å². The Hall–Kier alpha value is -2.08. The lowest BCUT2D eigenvalue weighted by atomic mass is 10.1. The maximum atomic E-state index is 5.71. The SMILES string of the molecule is COc1ccc(CNC(C)(C)C)cc1OCc1ncon1. The van der Waals surface area contributed by atoms with Crippen LogP contribution in [0.15, 0.2) is 29.1 Å². The Morgan fingerprint density at radius 2 is 2.05 bits per heavy atom. The summed E-state index contributed by atoms with van der Waals surface area (Å²) in [6.45, 7) is 7.38. The lowest BCUT2D eigenvalue weighted by Gasteiger charge is -2.21. The Morgan fingerprint density at radius 1 is 1.24 bits per heavy atom. The van der Waals surface area contributed by atoms with Crippen molar-refractivity contribution in [2.45, 2.75) is 39.5 Å². The van der Waals surface area contributed by atoms with E-state index in [1.165, 1.54) is 6.39 Å². The molecule has 0 aliphatic heterocycles. The number of benzene rings is 1. The predicted molar refractivity (Wildman–Crippen MR) is 78.2 cm³/mol. The second kappa shape index (κ2) is 6.58. The third-order valence-electron chi connectivity index (χ3n) is 2.81. The number of aromatic nitrogens is 2. The standard InChI is InChI=1S/C15H21N3O3/c1-15(2,3)17-8-11-5-6-12(19-4)13(7-11)20-9-14-16-10-21-18-14/h5-7,10,17H,8-9H2,1-4H3. The first-order chi connectivity index (χ1) is 9.98. The van der Waals surface area contributed by atoms with Crippen LogP contribution in [0.25, 0.3) is 0 Å². The molecule has 6 nitrogen and oxygen atoms in total. The van der Waals surface area contributed by atoms with Gasteiger partial charge in [0.05, 0.1) is 7.11 Å². The smallest absolute Gasteiger partial charge is 0.213 e. The van der Waals surface area contributed by atoms with Gasteiger partial charge in [-0.25, -0.2) is 0 Å². The van der Waals surface area contributed by atoms with Gasteiger partial charge in [-0.2, -0.15) is 4.98 Å². The molecule has 0 fully saturated rings. The van der Waals surface area contributed by atoms with Crippen LogP contribution < -0.4 is 14.8 Å². The molecule has 1 N–H and O–H groups in total. The van der Waals surface area contributed by atoms with Crippen LogP contribution in [0.4, 0.5) is 0 Å². The van der Waals surface area contributed by atoms with Crippen molar-refractivity contribution < 1.29 is 14.0 Å². The minimum atomic E-state index is 0.0611. The first-order valence-electron chi connectivity index (χ1n) is 6.78. The highest BCUT2D eigenvalue weighted by atomic mass is 16.5. The summed E-state index contributed by atoms with van der Waals surface area (Å²) in [6.07, 6.45) is 1.28. The zero-order valence-corrected chi connectivity index (χ0v) is 12.8. The van der Waals surface area contributed by atoms with Gasteiger partial charge in [-0.15, -0.1) is 0 Å². The summed E-state index contributed by atoms with van der Waals surface area (Å²) >= 11 is 0. The summed E-state index contributed by atoms with van der Waals surface area (Å²) < 4.78 is 15.7. The summed E-state index contributed by atoms with van der Waals surface area (Å²) in [5, 5.41) is 7.15. The van der Waals surface area contributed by atoms with E-state index >= 15 is 0 Å². The van der Waals surface area contributed by atoms with E-state index in [0.29, 0.717) is 17.3 Å². The van der Waals surface area contributed by atoms with Crippen molar-refractivity contribution in [2.75, 3.05) is 7.11 Å². The number of hydrogen-bond acceptors (Lipinski definition) is 6. The van der Waals surface area contributed by atoms with Gasteiger partial charge in [-0.05, 0) is 38.5 Å². The van der Waals surface area contributed by atoms with Crippen LogP contribution in [-0.4, -0.2) is 22.8 Å². The molecule has 0 aliphatic carbocycles. The summed E-state index contributed by atoms with van der Waals surface area (Å²) in [5.74, 6) is 1.84. The average molecular weight is 291 g/mol. The zero-order chi connectivity index (χ0) is 15.3. The summed E-state index contributed by atoms with van der Waals surface area (Å²) in [6, 6.07) is 5.86. The van der Waals surface area contributed by atoms with Crippen molar-refractivity contribution in [3.63, 3.8) is 0 Å². The van der Waals surface area contributed by atoms with Gasteiger partial charge < -0.3 is 19.3 Å². The Kier molecular flexibility index (Phi) is 4.80. The second-order valence-electron chi connectivity index (χ2n) is 5.72. The number of hydrogen-bond donors (Lipinski definition) is 1. The van der Waals surface area contributed by atoms with Gasteiger partial charge in [-0.3, -0.25) is 0 Å². The van der Waals surface area contributed by atoms with Gasteiger partial charge in [0.2, 0.25) is 12.2 Å². The number of ether oxygens (including phenoxy) is 2.